The molecule has 17 heavy (non-hydrogen) atoms. The van der Waals surface area contributed by atoms with Gasteiger partial charge in [0.2, 0.25) is 0 Å². The molecule has 0 aromatic rings. The summed E-state index contributed by atoms with van der Waals surface area (Å²) in [6.07, 6.45) is 0. The van der Waals surface area contributed by atoms with Gasteiger partial charge in [-0.25, -0.2) is 0 Å². The van der Waals surface area contributed by atoms with Crippen molar-refractivity contribution in [1.29, 1.82) is 0 Å². The highest BCUT2D eigenvalue weighted by atomic mass is 28.5. The summed E-state index contributed by atoms with van der Waals surface area (Å²) in [6, 6.07) is 0. The molecule has 2 radical (unpaired) electrons. The molecule has 0 bridgehead atoms. The molecule has 0 spiro atoms. The van der Waals surface area contributed by atoms with Gasteiger partial charge in [0.05, 0.1) is 0 Å². The maximum Gasteiger partial charge on any atom is 0.320 e. The summed E-state index contributed by atoms with van der Waals surface area (Å²) in [5, 5.41) is 0. The van der Waals surface area contributed by atoms with Gasteiger partial charge in [0.15, 0.2) is 0 Å². The van der Waals surface area contributed by atoms with Crippen LogP contribution in [0.25, 0.3) is 0 Å². The van der Waals surface area contributed by atoms with E-state index in [9.17, 15) is 9.59 Å². The van der Waals surface area contributed by atoms with Gasteiger partial charge in [0, 0.05) is 6.55 Å². The minimum absolute atomic E-state index is 1.63. The molecule has 1 atom stereocenters. The summed E-state index contributed by atoms with van der Waals surface area (Å²) in [6.45, 7) is 17.9. The van der Waals surface area contributed by atoms with Gasteiger partial charge in [0.25, 0.3) is 0 Å². The van der Waals surface area contributed by atoms with Crippen LogP contribution in [0.1, 0.15) is 0 Å². The zero-order chi connectivity index (χ0) is 14.1. The van der Waals surface area contributed by atoms with Crippen molar-refractivity contribution >= 4 is 34.2 Å². The molecule has 0 aliphatic rings. The molecule has 0 saturated carbocycles. The molecule has 0 aliphatic carbocycles. The third-order valence-corrected chi connectivity index (χ3v) is 12.6. The highest BCUT2D eigenvalue weighted by Gasteiger charge is 2.43. The third-order valence-electron chi connectivity index (χ3n) is 1.40. The molecular formula is C8H24O5Si4. The van der Waals surface area contributed by atoms with Crippen LogP contribution < -0.4 is 0 Å². The Balaban J connectivity index is 4.59. The van der Waals surface area contributed by atoms with E-state index in [1.54, 1.807) is 32.7 Å². The molecule has 0 aromatic heterocycles. The van der Waals surface area contributed by atoms with Crippen LogP contribution in [-0.2, 0) is 12.3 Å². The average molecular weight is 313 g/mol. The van der Waals surface area contributed by atoms with Gasteiger partial charge in [0.1, 0.15) is 0 Å². The lowest BCUT2D eigenvalue weighted by molar-refractivity contribution is 0.281. The minimum Gasteiger partial charge on any atom is -0.416 e. The Morgan fingerprint density at radius 1 is 0.706 bits per heavy atom. The lowest BCUT2D eigenvalue weighted by Gasteiger charge is -2.37. The van der Waals surface area contributed by atoms with E-state index in [1.165, 1.54) is 0 Å². The Bertz CT molecular complexity index is 230. The Morgan fingerprint density at radius 2 is 1.06 bits per heavy atom. The molecule has 0 rings (SSSR count). The van der Waals surface area contributed by atoms with Gasteiger partial charge in [-0.3, -0.25) is 0 Å². The van der Waals surface area contributed by atoms with Crippen LogP contribution in [0, 0.1) is 6.55 Å². The maximum absolute atomic E-state index is 9.75. The van der Waals surface area contributed by atoms with Gasteiger partial charge in [-0.15, -0.1) is 0 Å². The first-order valence-electron chi connectivity index (χ1n) is 5.46. The Kier molecular flexibility index (Phi) is 5.55. The lowest BCUT2D eigenvalue weighted by Crippen LogP contribution is -2.56. The maximum atomic E-state index is 9.75. The first kappa shape index (κ1) is 17.7. The van der Waals surface area contributed by atoms with Crippen LogP contribution in [0.15, 0.2) is 0 Å². The molecule has 1 unspecified atom stereocenters. The Hall–Kier alpha value is 0.668. The fraction of sp³-hybridized carbons (Fsp3) is 0.875. The smallest absolute Gasteiger partial charge is 0.320 e. The van der Waals surface area contributed by atoms with Crippen LogP contribution in [0.2, 0.25) is 45.8 Å². The summed E-state index contributed by atoms with van der Waals surface area (Å²) in [4.78, 5) is 19.5. The Labute approximate surface area is 109 Å². The molecule has 0 fully saturated rings. The van der Waals surface area contributed by atoms with Crippen LogP contribution in [0.3, 0.4) is 0 Å². The number of hydrogen-bond donors (Lipinski definition) is 2. The molecule has 5 nitrogen and oxygen atoms in total. The van der Waals surface area contributed by atoms with Crippen molar-refractivity contribution in [2.75, 3.05) is 0 Å². The second kappa shape index (κ2) is 5.34. The van der Waals surface area contributed by atoms with Crippen LogP contribution in [0.4, 0.5) is 0 Å². The van der Waals surface area contributed by atoms with E-state index < -0.39 is 34.2 Å². The zero-order valence-electron chi connectivity index (χ0n) is 11.7. The van der Waals surface area contributed by atoms with E-state index in [0.717, 1.165) is 0 Å². The second-order valence-electron chi connectivity index (χ2n) is 5.62. The molecule has 0 saturated heterocycles. The predicted molar refractivity (Wildman–Crippen MR) is 76.1 cm³/mol. The van der Waals surface area contributed by atoms with Crippen molar-refractivity contribution in [3.05, 3.63) is 6.55 Å². The van der Waals surface area contributed by atoms with E-state index in [1.807, 2.05) is 13.1 Å². The molecule has 9 heteroatoms. The van der Waals surface area contributed by atoms with E-state index in [4.69, 9.17) is 18.9 Å². The first-order valence-corrected chi connectivity index (χ1v) is 16.4. The van der Waals surface area contributed by atoms with Gasteiger partial charge < -0.3 is 21.9 Å². The zero-order valence-corrected chi connectivity index (χ0v) is 15.7. The van der Waals surface area contributed by atoms with Crippen LogP contribution >= 0.6 is 0 Å². The van der Waals surface area contributed by atoms with Crippen LogP contribution in [0.5, 0.6) is 0 Å². The molecule has 102 valence electrons. The molecule has 0 aromatic carbocycles. The van der Waals surface area contributed by atoms with E-state index in [2.05, 4.69) is 0 Å². The Morgan fingerprint density at radius 3 is 1.35 bits per heavy atom. The van der Waals surface area contributed by atoms with Crippen molar-refractivity contribution in [3.8, 4) is 0 Å². The molecular weight excluding hydrogens is 288 g/mol. The van der Waals surface area contributed by atoms with Crippen LogP contribution in [-0.4, -0.2) is 43.8 Å². The monoisotopic (exact) mass is 312 g/mol. The predicted octanol–water partition coefficient (Wildman–Crippen LogP) is 1.45. The summed E-state index contributed by atoms with van der Waals surface area (Å²) < 4.78 is 16.8. The second-order valence-corrected chi connectivity index (χ2v) is 18.7. The quantitative estimate of drug-likeness (QED) is 0.727. The molecule has 2 N–H and O–H groups in total. The largest absolute Gasteiger partial charge is 0.416 e. The highest BCUT2D eigenvalue weighted by molar-refractivity contribution is 6.88. The van der Waals surface area contributed by atoms with Gasteiger partial charge in [-0.1, -0.05) is 0 Å². The lowest BCUT2D eigenvalue weighted by atomic mass is 11.9. The van der Waals surface area contributed by atoms with Gasteiger partial charge in [-0.05, 0) is 45.8 Å². The van der Waals surface area contributed by atoms with Crippen molar-refractivity contribution in [2.24, 2.45) is 0 Å². The fourth-order valence-corrected chi connectivity index (χ4v) is 15.4. The van der Waals surface area contributed by atoms with E-state index >= 15 is 0 Å². The summed E-state index contributed by atoms with van der Waals surface area (Å²) >= 11 is 0. The van der Waals surface area contributed by atoms with Crippen molar-refractivity contribution in [3.63, 3.8) is 0 Å². The standard InChI is InChI=1S/C8H24O5Si4/c1-14(2,9)11-16(5,6)13-17(7,8)12-15(3,4)10/h5,9-10H,1-4,6-8H3. The summed E-state index contributed by atoms with van der Waals surface area (Å²) in [5.74, 6) is 0. The molecule has 0 heterocycles. The molecule has 0 amide bonds. The number of rotatable bonds is 6. The topological polar surface area (TPSA) is 68.2 Å². The first-order chi connectivity index (χ1) is 7.12. The average Bonchev–Trinajstić information content (AvgIpc) is 1.65. The minimum atomic E-state index is -2.91. The number of hydrogen-bond acceptors (Lipinski definition) is 5. The third kappa shape index (κ3) is 10.3. The van der Waals surface area contributed by atoms with Crippen molar-refractivity contribution in [2.45, 2.75) is 45.8 Å². The summed E-state index contributed by atoms with van der Waals surface area (Å²) in [5.41, 5.74) is 0. The normalized spacial score (nSPS) is 15.2. The molecule has 0 aliphatic heterocycles. The summed E-state index contributed by atoms with van der Waals surface area (Å²) in [7, 11) is -10.8. The highest BCUT2D eigenvalue weighted by Crippen LogP contribution is 2.21. The SMILES string of the molecule is [CH][Si](C)(O[Si](C)(C)O)O[Si](C)(C)O[Si](C)(C)O. The fourth-order valence-electron chi connectivity index (χ4n) is 1.63. The van der Waals surface area contributed by atoms with Gasteiger partial charge in [-0.2, -0.15) is 0 Å². The van der Waals surface area contributed by atoms with Crippen molar-refractivity contribution < 1.29 is 21.9 Å². The van der Waals surface area contributed by atoms with E-state index in [0.29, 0.717) is 0 Å². The van der Waals surface area contributed by atoms with E-state index in [-0.39, 0.29) is 0 Å². The van der Waals surface area contributed by atoms with Crippen molar-refractivity contribution in [1.82, 2.24) is 0 Å². The van der Waals surface area contributed by atoms with Gasteiger partial charge >= 0.3 is 34.2 Å².